The summed E-state index contributed by atoms with van der Waals surface area (Å²) in [5.74, 6) is 2.76. The monoisotopic (exact) mass is 443 g/mol. The highest BCUT2D eigenvalue weighted by atomic mass is 16.5. The average molecular weight is 444 g/mol. The van der Waals surface area contributed by atoms with E-state index in [1.54, 1.807) is 30.3 Å². The van der Waals surface area contributed by atoms with Crippen LogP contribution in [0.15, 0.2) is 66.7 Å². The Morgan fingerprint density at radius 2 is 1.73 bits per heavy atom. The van der Waals surface area contributed by atoms with Gasteiger partial charge in [0.05, 0.1) is 0 Å². The molecule has 0 unspecified atom stereocenters. The summed E-state index contributed by atoms with van der Waals surface area (Å²) >= 11 is 0. The highest BCUT2D eigenvalue weighted by Gasteiger charge is 2.29. The lowest BCUT2D eigenvalue weighted by atomic mass is 9.86. The molecular formula is C28H29NO4. The predicted molar refractivity (Wildman–Crippen MR) is 130 cm³/mol. The largest absolute Gasteiger partial charge is 0.508 e. The quantitative estimate of drug-likeness (QED) is 0.527. The first-order chi connectivity index (χ1) is 16.0. The first-order valence-corrected chi connectivity index (χ1v) is 11.4. The van der Waals surface area contributed by atoms with E-state index in [4.69, 9.17) is 9.47 Å². The van der Waals surface area contributed by atoms with Crippen molar-refractivity contribution in [3.63, 3.8) is 0 Å². The molecule has 33 heavy (non-hydrogen) atoms. The number of phenolic OH excluding ortho intramolecular Hbond substituents is 2. The van der Waals surface area contributed by atoms with Gasteiger partial charge in [-0.15, -0.1) is 0 Å². The molecule has 0 amide bonds. The van der Waals surface area contributed by atoms with Crippen LogP contribution in [0.3, 0.4) is 0 Å². The predicted octanol–water partition coefficient (Wildman–Crippen LogP) is 5.49. The number of nitrogens with zero attached hydrogens (tertiary/aromatic N) is 1. The van der Waals surface area contributed by atoms with Crippen molar-refractivity contribution in [1.29, 1.82) is 0 Å². The Morgan fingerprint density at radius 3 is 2.45 bits per heavy atom. The van der Waals surface area contributed by atoms with Crippen molar-refractivity contribution in [3.05, 3.63) is 83.4 Å². The minimum Gasteiger partial charge on any atom is -0.508 e. The number of phenols is 2. The zero-order valence-corrected chi connectivity index (χ0v) is 19.0. The third-order valence-electron chi connectivity index (χ3n) is 6.43. The highest BCUT2D eigenvalue weighted by molar-refractivity contribution is 5.95. The van der Waals surface area contributed by atoms with Crippen LogP contribution in [0.2, 0.25) is 0 Å². The molecule has 2 heterocycles. The normalized spacial score (nSPS) is 18.4. The molecule has 0 aromatic heterocycles. The van der Waals surface area contributed by atoms with E-state index in [1.807, 2.05) is 43.3 Å². The molecule has 1 fully saturated rings. The lowest BCUT2D eigenvalue weighted by molar-refractivity contribution is 0.0932. The Balaban J connectivity index is 1.42. The molecule has 1 saturated heterocycles. The minimum absolute atomic E-state index is 0.194. The van der Waals surface area contributed by atoms with E-state index < -0.39 is 0 Å². The van der Waals surface area contributed by atoms with E-state index in [2.05, 4.69) is 11.8 Å². The lowest BCUT2D eigenvalue weighted by Gasteiger charge is -2.36. The summed E-state index contributed by atoms with van der Waals surface area (Å²) < 4.78 is 12.4. The molecule has 5 nitrogen and oxygen atoms in total. The van der Waals surface area contributed by atoms with E-state index in [0.717, 1.165) is 64.9 Å². The molecule has 5 rings (SSSR count). The van der Waals surface area contributed by atoms with Crippen molar-refractivity contribution in [2.75, 3.05) is 26.2 Å². The van der Waals surface area contributed by atoms with Crippen molar-refractivity contribution >= 4 is 11.1 Å². The van der Waals surface area contributed by atoms with E-state index in [9.17, 15) is 10.2 Å². The number of ether oxygens (including phenoxy) is 2. The second kappa shape index (κ2) is 8.83. The summed E-state index contributed by atoms with van der Waals surface area (Å²) in [6.07, 6.45) is -0.347. The summed E-state index contributed by atoms with van der Waals surface area (Å²) in [5.41, 5.74) is 4.70. The molecule has 0 bridgehead atoms. The number of aromatic hydroxyl groups is 2. The Hall–Kier alpha value is -3.44. The van der Waals surface area contributed by atoms with Crippen molar-refractivity contribution in [2.24, 2.45) is 5.92 Å². The van der Waals surface area contributed by atoms with Gasteiger partial charge in [0.1, 0.15) is 35.7 Å². The SMILES string of the molecule is CC1=C(c2cccc(O)c2)[C@@H](c2ccc(OCCN3CC(C)C3)cc2)Oc2ccc(O)cc21. The van der Waals surface area contributed by atoms with Gasteiger partial charge < -0.3 is 19.7 Å². The average Bonchev–Trinajstić information content (AvgIpc) is 2.78. The van der Waals surface area contributed by atoms with Crippen LogP contribution in [0.5, 0.6) is 23.0 Å². The Labute approximate surface area is 194 Å². The molecule has 1 atom stereocenters. The first kappa shape index (κ1) is 21.4. The molecule has 2 aliphatic heterocycles. The van der Waals surface area contributed by atoms with Crippen LogP contribution in [-0.2, 0) is 0 Å². The van der Waals surface area contributed by atoms with Crippen LogP contribution < -0.4 is 9.47 Å². The van der Waals surface area contributed by atoms with Gasteiger partial charge in [0.2, 0.25) is 0 Å². The Morgan fingerprint density at radius 1 is 0.970 bits per heavy atom. The molecule has 5 heteroatoms. The molecule has 0 aliphatic carbocycles. The standard InChI is InChI=1S/C28H29NO4/c1-18-16-29(17-18)12-13-32-24-9-6-20(7-10-24)28-27(21-4-3-5-22(30)14-21)19(2)25-15-23(31)8-11-26(25)33-28/h3-11,14-15,18,28,30-31H,12-13,16-17H2,1-2H3/t28-/m1/s1. The van der Waals surface area contributed by atoms with Crippen molar-refractivity contribution in [1.82, 2.24) is 4.90 Å². The smallest absolute Gasteiger partial charge is 0.150 e. The first-order valence-electron chi connectivity index (χ1n) is 11.4. The van der Waals surface area contributed by atoms with Gasteiger partial charge in [-0.2, -0.15) is 0 Å². The number of benzene rings is 3. The number of allylic oxidation sites excluding steroid dienone is 1. The number of rotatable bonds is 6. The van der Waals surface area contributed by atoms with Crippen LogP contribution in [0.4, 0.5) is 0 Å². The van der Waals surface area contributed by atoms with Gasteiger partial charge in [0.25, 0.3) is 0 Å². The second-order valence-electron chi connectivity index (χ2n) is 9.05. The van der Waals surface area contributed by atoms with Crippen molar-refractivity contribution in [3.8, 4) is 23.0 Å². The molecule has 0 saturated carbocycles. The number of fused-ring (bicyclic) bond motifs is 1. The van der Waals surface area contributed by atoms with E-state index >= 15 is 0 Å². The fourth-order valence-electron chi connectivity index (χ4n) is 4.76. The molecule has 0 spiro atoms. The lowest BCUT2D eigenvalue weighted by Crippen LogP contribution is -2.46. The minimum atomic E-state index is -0.347. The van der Waals surface area contributed by atoms with Crippen LogP contribution in [-0.4, -0.2) is 41.4 Å². The Kier molecular flexibility index (Phi) is 5.73. The highest BCUT2D eigenvalue weighted by Crippen LogP contribution is 2.47. The number of likely N-dealkylation sites (tertiary alicyclic amines) is 1. The maximum absolute atomic E-state index is 10.1. The summed E-state index contributed by atoms with van der Waals surface area (Å²) in [6.45, 7) is 8.24. The van der Waals surface area contributed by atoms with Crippen LogP contribution in [0.25, 0.3) is 11.1 Å². The summed E-state index contributed by atoms with van der Waals surface area (Å²) in [4.78, 5) is 2.40. The maximum Gasteiger partial charge on any atom is 0.150 e. The molecule has 0 radical (unpaired) electrons. The molecule has 170 valence electrons. The third-order valence-corrected chi connectivity index (χ3v) is 6.43. The molecule has 3 aromatic carbocycles. The van der Waals surface area contributed by atoms with E-state index in [-0.39, 0.29) is 17.6 Å². The van der Waals surface area contributed by atoms with Crippen LogP contribution >= 0.6 is 0 Å². The third kappa shape index (κ3) is 4.41. The topological polar surface area (TPSA) is 62.2 Å². The van der Waals surface area contributed by atoms with Gasteiger partial charge in [-0.05, 0) is 72.0 Å². The van der Waals surface area contributed by atoms with Gasteiger partial charge >= 0.3 is 0 Å². The summed E-state index contributed by atoms with van der Waals surface area (Å²) in [7, 11) is 0. The molecule has 2 aliphatic rings. The molecular weight excluding hydrogens is 414 g/mol. The van der Waals surface area contributed by atoms with Gasteiger partial charge in [0, 0.05) is 30.8 Å². The zero-order valence-electron chi connectivity index (χ0n) is 19.0. The van der Waals surface area contributed by atoms with Gasteiger partial charge in [-0.25, -0.2) is 0 Å². The summed E-state index contributed by atoms with van der Waals surface area (Å²) in [6, 6.07) is 20.4. The molecule has 2 N–H and O–H groups in total. The van der Waals surface area contributed by atoms with Crippen LogP contribution in [0, 0.1) is 5.92 Å². The maximum atomic E-state index is 10.1. The van der Waals surface area contributed by atoms with Gasteiger partial charge in [-0.3, -0.25) is 4.90 Å². The van der Waals surface area contributed by atoms with Crippen LogP contribution in [0.1, 0.15) is 36.6 Å². The van der Waals surface area contributed by atoms with E-state index in [0.29, 0.717) is 6.61 Å². The number of hydrogen-bond donors (Lipinski definition) is 2. The van der Waals surface area contributed by atoms with Gasteiger partial charge in [-0.1, -0.05) is 31.2 Å². The summed E-state index contributed by atoms with van der Waals surface area (Å²) in [5, 5.41) is 20.1. The fraction of sp³-hybridized carbons (Fsp3) is 0.286. The second-order valence-corrected chi connectivity index (χ2v) is 9.05. The van der Waals surface area contributed by atoms with E-state index in [1.165, 1.54) is 0 Å². The Bertz CT molecular complexity index is 1180. The molecule has 3 aromatic rings. The number of hydrogen-bond acceptors (Lipinski definition) is 5. The van der Waals surface area contributed by atoms with Crippen molar-refractivity contribution in [2.45, 2.75) is 20.0 Å². The fourth-order valence-corrected chi connectivity index (χ4v) is 4.76. The van der Waals surface area contributed by atoms with Gasteiger partial charge in [0.15, 0.2) is 0 Å². The van der Waals surface area contributed by atoms with Crippen molar-refractivity contribution < 1.29 is 19.7 Å². The zero-order chi connectivity index (χ0) is 22.9.